The lowest BCUT2D eigenvalue weighted by Gasteiger charge is -2.32. The summed E-state index contributed by atoms with van der Waals surface area (Å²) in [5.74, 6) is 0.816. The summed E-state index contributed by atoms with van der Waals surface area (Å²) in [6.45, 7) is 5.88. The van der Waals surface area contributed by atoms with Crippen molar-refractivity contribution in [1.82, 2.24) is 9.88 Å². The molecule has 0 radical (unpaired) electrons. The second kappa shape index (κ2) is 6.76. The highest BCUT2D eigenvalue weighted by molar-refractivity contribution is 5.63. The van der Waals surface area contributed by atoms with Gasteiger partial charge in [-0.05, 0) is 37.9 Å². The van der Waals surface area contributed by atoms with Crippen molar-refractivity contribution < 1.29 is 4.42 Å². The lowest BCUT2D eigenvalue weighted by atomic mass is 10.0. The van der Waals surface area contributed by atoms with Crippen molar-refractivity contribution in [2.24, 2.45) is 0 Å². The smallest absolute Gasteiger partial charge is 0.181 e. The molecule has 3 rings (SSSR count). The van der Waals surface area contributed by atoms with E-state index in [1.807, 2.05) is 0 Å². The zero-order chi connectivity index (χ0) is 14.5. The van der Waals surface area contributed by atoms with Crippen molar-refractivity contribution in [2.45, 2.75) is 32.2 Å². The Labute approximate surface area is 126 Å². The molecular formula is C17H23N3O. The minimum absolute atomic E-state index is 0.572. The summed E-state index contributed by atoms with van der Waals surface area (Å²) in [6, 6.07) is 8.95. The number of piperidine rings is 1. The van der Waals surface area contributed by atoms with Crippen LogP contribution in [0.3, 0.4) is 0 Å². The lowest BCUT2D eigenvalue weighted by molar-refractivity contribution is 0.219. The van der Waals surface area contributed by atoms with Crippen LogP contribution in [-0.4, -0.2) is 35.6 Å². The van der Waals surface area contributed by atoms with E-state index in [0.717, 1.165) is 17.0 Å². The molecule has 1 aromatic carbocycles. The van der Waals surface area contributed by atoms with Crippen molar-refractivity contribution in [1.29, 1.82) is 0 Å². The summed E-state index contributed by atoms with van der Waals surface area (Å²) in [5, 5.41) is 3.66. The van der Waals surface area contributed by atoms with E-state index < -0.39 is 0 Å². The predicted molar refractivity (Wildman–Crippen MR) is 85.3 cm³/mol. The van der Waals surface area contributed by atoms with Gasteiger partial charge in [0, 0.05) is 30.4 Å². The Balaban J connectivity index is 1.60. The first-order valence-corrected chi connectivity index (χ1v) is 7.83. The molecule has 0 bridgehead atoms. The van der Waals surface area contributed by atoms with Crippen LogP contribution in [0.15, 0.2) is 41.3 Å². The first kappa shape index (κ1) is 14.1. The third kappa shape index (κ3) is 3.64. The molecule has 2 aromatic rings. The second-order valence-electron chi connectivity index (χ2n) is 5.71. The number of rotatable bonds is 5. The standard InChI is InChI=1S/C17H23N3O/c1-2-8-20-9-6-15(7-10-20)19-16-5-3-4-14(11-16)17-12-18-13-21-17/h3-5,11-13,15,19H,2,6-10H2,1H3. The van der Waals surface area contributed by atoms with Crippen molar-refractivity contribution in [3.05, 3.63) is 36.9 Å². The molecule has 4 nitrogen and oxygen atoms in total. The summed E-state index contributed by atoms with van der Waals surface area (Å²) < 4.78 is 5.36. The topological polar surface area (TPSA) is 41.3 Å². The zero-order valence-electron chi connectivity index (χ0n) is 12.6. The lowest BCUT2D eigenvalue weighted by Crippen LogP contribution is -2.39. The van der Waals surface area contributed by atoms with Crippen molar-refractivity contribution in [2.75, 3.05) is 25.0 Å². The Hall–Kier alpha value is -1.81. The van der Waals surface area contributed by atoms with Crippen molar-refractivity contribution >= 4 is 5.69 Å². The number of hydrogen-bond donors (Lipinski definition) is 1. The Morgan fingerprint density at radius 1 is 1.33 bits per heavy atom. The summed E-state index contributed by atoms with van der Waals surface area (Å²) in [7, 11) is 0. The van der Waals surface area contributed by atoms with Gasteiger partial charge in [0.15, 0.2) is 12.2 Å². The first-order valence-electron chi connectivity index (χ1n) is 7.83. The number of likely N-dealkylation sites (tertiary alicyclic amines) is 1. The number of aromatic nitrogens is 1. The van der Waals surface area contributed by atoms with E-state index >= 15 is 0 Å². The van der Waals surface area contributed by atoms with Gasteiger partial charge in [0.25, 0.3) is 0 Å². The van der Waals surface area contributed by atoms with E-state index in [9.17, 15) is 0 Å². The summed E-state index contributed by atoms with van der Waals surface area (Å²) in [4.78, 5) is 6.54. The average molecular weight is 285 g/mol. The Kier molecular flexibility index (Phi) is 4.55. The van der Waals surface area contributed by atoms with E-state index in [1.54, 1.807) is 6.20 Å². The maximum Gasteiger partial charge on any atom is 0.181 e. The van der Waals surface area contributed by atoms with Gasteiger partial charge in [-0.25, -0.2) is 4.98 Å². The molecule has 0 aliphatic carbocycles. The van der Waals surface area contributed by atoms with E-state index in [-0.39, 0.29) is 0 Å². The molecule has 1 aliphatic heterocycles. The molecule has 0 unspecified atom stereocenters. The van der Waals surface area contributed by atoms with Gasteiger partial charge in [0.05, 0.1) is 6.20 Å². The van der Waals surface area contributed by atoms with E-state index in [4.69, 9.17) is 4.42 Å². The minimum Gasteiger partial charge on any atom is -0.444 e. The molecule has 0 saturated carbocycles. The molecule has 1 saturated heterocycles. The van der Waals surface area contributed by atoms with Gasteiger partial charge in [-0.2, -0.15) is 0 Å². The van der Waals surface area contributed by atoms with Gasteiger partial charge in [-0.15, -0.1) is 0 Å². The average Bonchev–Trinajstić information content (AvgIpc) is 3.04. The van der Waals surface area contributed by atoms with E-state index in [0.29, 0.717) is 6.04 Å². The van der Waals surface area contributed by atoms with Gasteiger partial charge < -0.3 is 14.6 Å². The maximum absolute atomic E-state index is 5.36. The zero-order valence-corrected chi connectivity index (χ0v) is 12.6. The quantitative estimate of drug-likeness (QED) is 0.911. The normalized spacial score (nSPS) is 17.0. The van der Waals surface area contributed by atoms with E-state index in [1.165, 1.54) is 45.3 Å². The summed E-state index contributed by atoms with van der Waals surface area (Å²) >= 11 is 0. The summed E-state index contributed by atoms with van der Waals surface area (Å²) in [6.07, 6.45) is 6.90. The van der Waals surface area contributed by atoms with Crippen LogP contribution in [0.1, 0.15) is 26.2 Å². The van der Waals surface area contributed by atoms with Crippen LogP contribution in [0.2, 0.25) is 0 Å². The maximum atomic E-state index is 5.36. The molecule has 0 spiro atoms. The molecular weight excluding hydrogens is 262 g/mol. The molecule has 0 amide bonds. The van der Waals surface area contributed by atoms with Crippen LogP contribution in [0.5, 0.6) is 0 Å². The molecule has 0 atom stereocenters. The Morgan fingerprint density at radius 2 is 2.19 bits per heavy atom. The fourth-order valence-electron chi connectivity index (χ4n) is 2.97. The molecule has 4 heteroatoms. The number of nitrogens with one attached hydrogen (secondary N) is 1. The van der Waals surface area contributed by atoms with Crippen LogP contribution in [-0.2, 0) is 0 Å². The number of nitrogens with zero attached hydrogens (tertiary/aromatic N) is 2. The van der Waals surface area contributed by atoms with Crippen LogP contribution in [0.25, 0.3) is 11.3 Å². The monoisotopic (exact) mass is 285 g/mol. The third-order valence-corrected chi connectivity index (χ3v) is 4.08. The van der Waals surface area contributed by atoms with Gasteiger partial charge >= 0.3 is 0 Å². The van der Waals surface area contributed by atoms with Gasteiger partial charge in [0.2, 0.25) is 0 Å². The van der Waals surface area contributed by atoms with E-state index in [2.05, 4.69) is 46.4 Å². The number of hydrogen-bond acceptors (Lipinski definition) is 4. The Morgan fingerprint density at radius 3 is 2.90 bits per heavy atom. The fourth-order valence-corrected chi connectivity index (χ4v) is 2.97. The van der Waals surface area contributed by atoms with Crippen molar-refractivity contribution in [3.8, 4) is 11.3 Å². The molecule has 2 heterocycles. The van der Waals surface area contributed by atoms with Gasteiger partial charge in [-0.3, -0.25) is 0 Å². The number of anilines is 1. The minimum atomic E-state index is 0.572. The third-order valence-electron chi connectivity index (χ3n) is 4.08. The highest BCUT2D eigenvalue weighted by Crippen LogP contribution is 2.24. The predicted octanol–water partition coefficient (Wildman–Crippen LogP) is 3.63. The molecule has 1 fully saturated rings. The molecule has 1 N–H and O–H groups in total. The van der Waals surface area contributed by atoms with Gasteiger partial charge in [0.1, 0.15) is 0 Å². The fraction of sp³-hybridized carbons (Fsp3) is 0.471. The molecule has 1 aromatic heterocycles. The van der Waals surface area contributed by atoms with Crippen LogP contribution < -0.4 is 5.32 Å². The highest BCUT2D eigenvalue weighted by atomic mass is 16.3. The van der Waals surface area contributed by atoms with Crippen LogP contribution in [0.4, 0.5) is 5.69 Å². The van der Waals surface area contributed by atoms with Crippen molar-refractivity contribution in [3.63, 3.8) is 0 Å². The largest absolute Gasteiger partial charge is 0.444 e. The SMILES string of the molecule is CCCN1CCC(Nc2cccc(-c3cnco3)c2)CC1. The van der Waals surface area contributed by atoms with Crippen LogP contribution >= 0.6 is 0 Å². The number of oxazole rings is 1. The highest BCUT2D eigenvalue weighted by Gasteiger charge is 2.18. The molecule has 21 heavy (non-hydrogen) atoms. The second-order valence-corrected chi connectivity index (χ2v) is 5.71. The number of benzene rings is 1. The first-order chi connectivity index (χ1) is 10.3. The Bertz CT molecular complexity index is 545. The molecule has 112 valence electrons. The summed E-state index contributed by atoms with van der Waals surface area (Å²) in [5.41, 5.74) is 2.23. The molecule has 1 aliphatic rings. The van der Waals surface area contributed by atoms with Crippen LogP contribution in [0, 0.1) is 0 Å². The van der Waals surface area contributed by atoms with Gasteiger partial charge in [-0.1, -0.05) is 19.1 Å².